The minimum absolute atomic E-state index is 0.0363. The van der Waals surface area contributed by atoms with Gasteiger partial charge in [0.05, 0.1) is 6.61 Å². The zero-order chi connectivity index (χ0) is 22.8. The summed E-state index contributed by atoms with van der Waals surface area (Å²) in [5.41, 5.74) is 1.17. The van der Waals surface area contributed by atoms with Crippen LogP contribution in [-0.2, 0) is 14.3 Å². The number of benzene rings is 2. The van der Waals surface area contributed by atoms with E-state index in [4.69, 9.17) is 4.74 Å². The van der Waals surface area contributed by atoms with Crippen LogP contribution < -0.4 is 10.6 Å². The maximum atomic E-state index is 13.1. The zero-order valence-corrected chi connectivity index (χ0v) is 19.4. The van der Waals surface area contributed by atoms with E-state index < -0.39 is 23.8 Å². The normalized spacial score (nSPS) is 12.2. The number of hydrogen-bond acceptors (Lipinski definition) is 4. The Kier molecular flexibility index (Phi) is 9.46. The number of carbonyl (C=O) groups is 3. The summed E-state index contributed by atoms with van der Waals surface area (Å²) >= 11 is 3.38. The highest BCUT2D eigenvalue weighted by molar-refractivity contribution is 9.10. The molecule has 0 aliphatic rings. The van der Waals surface area contributed by atoms with E-state index in [1.165, 1.54) is 0 Å². The third-order valence-electron chi connectivity index (χ3n) is 4.29. The highest BCUT2D eigenvalue weighted by atomic mass is 79.9. The van der Waals surface area contributed by atoms with Crippen molar-refractivity contribution in [3.8, 4) is 0 Å². The number of ether oxygens (including phenoxy) is 1. The summed E-state index contributed by atoms with van der Waals surface area (Å²) in [5, 5.41) is 5.39. The van der Waals surface area contributed by atoms with Crippen molar-refractivity contribution in [3.63, 3.8) is 0 Å². The van der Waals surface area contributed by atoms with Gasteiger partial charge in [0.15, 0.2) is 0 Å². The van der Waals surface area contributed by atoms with Crippen LogP contribution in [0.4, 0.5) is 0 Å². The lowest BCUT2D eigenvalue weighted by Gasteiger charge is -2.20. The largest absolute Gasteiger partial charge is 0.464 e. The summed E-state index contributed by atoms with van der Waals surface area (Å²) in [6, 6.07) is 15.1. The zero-order valence-electron chi connectivity index (χ0n) is 17.9. The third kappa shape index (κ3) is 8.02. The Hall–Kier alpha value is -2.93. The van der Waals surface area contributed by atoms with Crippen molar-refractivity contribution in [1.82, 2.24) is 10.6 Å². The molecule has 2 aromatic carbocycles. The molecule has 0 heterocycles. The molecular weight excluding hydrogens is 460 g/mol. The van der Waals surface area contributed by atoms with Crippen molar-refractivity contribution in [2.24, 2.45) is 5.92 Å². The van der Waals surface area contributed by atoms with Gasteiger partial charge in [0, 0.05) is 10.0 Å². The second-order valence-electron chi connectivity index (χ2n) is 7.34. The molecule has 2 amide bonds. The molecule has 1 unspecified atom stereocenters. The fourth-order valence-corrected chi connectivity index (χ4v) is 3.10. The van der Waals surface area contributed by atoms with Crippen molar-refractivity contribution in [2.45, 2.75) is 33.2 Å². The molecule has 31 heavy (non-hydrogen) atoms. The van der Waals surface area contributed by atoms with E-state index >= 15 is 0 Å². The van der Waals surface area contributed by atoms with Gasteiger partial charge in [-0.15, -0.1) is 0 Å². The molecule has 0 bridgehead atoms. The van der Waals surface area contributed by atoms with Crippen LogP contribution in [0.3, 0.4) is 0 Å². The van der Waals surface area contributed by atoms with Gasteiger partial charge in [-0.05, 0) is 55.2 Å². The first-order valence-corrected chi connectivity index (χ1v) is 10.9. The van der Waals surface area contributed by atoms with E-state index in [-0.39, 0.29) is 18.2 Å². The lowest BCUT2D eigenvalue weighted by molar-refractivity contribution is -0.147. The fraction of sp³-hybridized carbons (Fsp3) is 0.292. The molecule has 2 N–H and O–H groups in total. The van der Waals surface area contributed by atoms with E-state index in [1.807, 2.05) is 38.1 Å². The van der Waals surface area contributed by atoms with Crippen molar-refractivity contribution in [2.75, 3.05) is 6.61 Å². The predicted octanol–water partition coefficient (Wildman–Crippen LogP) is 4.31. The van der Waals surface area contributed by atoms with Crippen molar-refractivity contribution in [1.29, 1.82) is 0 Å². The van der Waals surface area contributed by atoms with Crippen LogP contribution >= 0.6 is 15.9 Å². The predicted molar refractivity (Wildman–Crippen MR) is 124 cm³/mol. The first-order chi connectivity index (χ1) is 14.8. The number of hydrogen-bond donors (Lipinski definition) is 2. The Morgan fingerprint density at radius 2 is 1.68 bits per heavy atom. The molecule has 1 atom stereocenters. The monoisotopic (exact) mass is 486 g/mol. The first kappa shape index (κ1) is 24.3. The van der Waals surface area contributed by atoms with Crippen molar-refractivity contribution < 1.29 is 19.1 Å². The molecule has 0 saturated heterocycles. The van der Waals surface area contributed by atoms with Gasteiger partial charge >= 0.3 is 5.97 Å². The molecule has 2 aromatic rings. The Morgan fingerprint density at radius 3 is 2.26 bits per heavy atom. The number of nitrogens with one attached hydrogen (secondary N) is 2. The Bertz CT molecular complexity index is 924. The maximum absolute atomic E-state index is 13.1. The van der Waals surface area contributed by atoms with Crippen LogP contribution in [0, 0.1) is 5.92 Å². The number of esters is 1. The van der Waals surface area contributed by atoms with E-state index in [0.717, 1.165) is 10.0 Å². The van der Waals surface area contributed by atoms with Crippen LogP contribution in [0.15, 0.2) is 64.8 Å². The van der Waals surface area contributed by atoms with Gasteiger partial charge in [-0.3, -0.25) is 9.59 Å². The summed E-state index contributed by atoms with van der Waals surface area (Å²) in [4.78, 5) is 38.1. The minimum Gasteiger partial charge on any atom is -0.464 e. The molecule has 0 aliphatic carbocycles. The summed E-state index contributed by atoms with van der Waals surface area (Å²) < 4.78 is 5.99. The quantitative estimate of drug-likeness (QED) is 0.408. The molecule has 0 saturated carbocycles. The number of carbonyl (C=O) groups excluding carboxylic acids is 3. The fourth-order valence-electron chi connectivity index (χ4n) is 2.83. The second-order valence-corrected chi connectivity index (χ2v) is 8.25. The highest BCUT2D eigenvalue weighted by Crippen LogP contribution is 2.14. The Labute approximate surface area is 191 Å². The second kappa shape index (κ2) is 12.1. The average molecular weight is 487 g/mol. The standard InChI is InChI=1S/C24H27BrN2O4/c1-4-31-24(30)21(14-16(2)3)27-23(29)20(15-17-10-12-19(25)13-11-17)26-22(28)18-8-6-5-7-9-18/h5-13,15-16,21H,4,14H2,1-3H3,(H,26,28)(H,27,29). The molecule has 164 valence electrons. The molecule has 0 aliphatic heterocycles. The van der Waals surface area contributed by atoms with Crippen LogP contribution in [0.1, 0.15) is 43.1 Å². The maximum Gasteiger partial charge on any atom is 0.328 e. The SMILES string of the molecule is CCOC(=O)C(CC(C)C)NC(=O)C(=Cc1ccc(Br)cc1)NC(=O)c1ccccc1. The van der Waals surface area contributed by atoms with Crippen molar-refractivity contribution in [3.05, 3.63) is 75.9 Å². The molecule has 7 heteroatoms. The molecule has 6 nitrogen and oxygen atoms in total. The molecule has 0 fully saturated rings. The van der Waals surface area contributed by atoms with Gasteiger partial charge in [-0.1, -0.05) is 60.1 Å². The van der Waals surface area contributed by atoms with Crippen molar-refractivity contribution >= 4 is 39.8 Å². The highest BCUT2D eigenvalue weighted by Gasteiger charge is 2.25. The number of halogens is 1. The van der Waals surface area contributed by atoms with Gasteiger partial charge in [0.2, 0.25) is 0 Å². The Balaban J connectivity index is 2.31. The van der Waals surface area contributed by atoms with E-state index in [9.17, 15) is 14.4 Å². The topological polar surface area (TPSA) is 84.5 Å². The van der Waals surface area contributed by atoms with Crippen LogP contribution in [0.2, 0.25) is 0 Å². The van der Waals surface area contributed by atoms with Gasteiger partial charge in [-0.2, -0.15) is 0 Å². The third-order valence-corrected chi connectivity index (χ3v) is 4.82. The van der Waals surface area contributed by atoms with E-state index in [1.54, 1.807) is 43.3 Å². The molecule has 2 rings (SSSR count). The van der Waals surface area contributed by atoms with Crippen LogP contribution in [-0.4, -0.2) is 30.4 Å². The van der Waals surface area contributed by atoms with Gasteiger partial charge in [-0.25, -0.2) is 4.79 Å². The van der Waals surface area contributed by atoms with Gasteiger partial charge in [0.1, 0.15) is 11.7 Å². The lowest BCUT2D eigenvalue weighted by Crippen LogP contribution is -2.45. The smallest absolute Gasteiger partial charge is 0.328 e. The Morgan fingerprint density at radius 1 is 1.03 bits per heavy atom. The summed E-state index contributed by atoms with van der Waals surface area (Å²) in [6.07, 6.45) is 1.99. The summed E-state index contributed by atoms with van der Waals surface area (Å²) in [5.74, 6) is -1.32. The van der Waals surface area contributed by atoms with Crippen LogP contribution in [0.5, 0.6) is 0 Å². The van der Waals surface area contributed by atoms with E-state index in [2.05, 4.69) is 26.6 Å². The first-order valence-electron chi connectivity index (χ1n) is 10.1. The molecule has 0 aromatic heterocycles. The molecule has 0 radical (unpaired) electrons. The van der Waals surface area contributed by atoms with E-state index in [0.29, 0.717) is 12.0 Å². The van der Waals surface area contributed by atoms with Gasteiger partial charge in [0.25, 0.3) is 11.8 Å². The lowest BCUT2D eigenvalue weighted by atomic mass is 10.0. The number of amides is 2. The summed E-state index contributed by atoms with van der Waals surface area (Å²) in [6.45, 7) is 5.84. The minimum atomic E-state index is -0.811. The summed E-state index contributed by atoms with van der Waals surface area (Å²) in [7, 11) is 0. The number of rotatable bonds is 9. The van der Waals surface area contributed by atoms with Crippen LogP contribution in [0.25, 0.3) is 6.08 Å². The average Bonchev–Trinajstić information content (AvgIpc) is 2.74. The molecule has 0 spiro atoms. The van der Waals surface area contributed by atoms with Gasteiger partial charge < -0.3 is 15.4 Å². The molecular formula is C24H27BrN2O4.